The minimum Gasteiger partial charge on any atom is -0.414 e. The molecule has 0 bridgehead atoms. The Hall–Kier alpha value is -0.436. The van der Waals surface area contributed by atoms with Crippen LogP contribution >= 0.6 is 0 Å². The van der Waals surface area contributed by atoms with Crippen LogP contribution in [0.5, 0.6) is 0 Å². The van der Waals surface area contributed by atoms with E-state index in [0.29, 0.717) is 22.9 Å². The summed E-state index contributed by atoms with van der Waals surface area (Å²) in [6.45, 7) is 32.6. The summed E-state index contributed by atoms with van der Waals surface area (Å²) in [6.07, 6.45) is 4.00. The molecule has 208 valence electrons. The van der Waals surface area contributed by atoms with Gasteiger partial charge in [0.25, 0.3) is 0 Å². The van der Waals surface area contributed by atoms with Crippen molar-refractivity contribution in [1.82, 2.24) is 4.90 Å². The van der Waals surface area contributed by atoms with Crippen molar-refractivity contribution in [3.05, 3.63) is 12.7 Å². The molecule has 1 amide bonds. The van der Waals surface area contributed by atoms with Gasteiger partial charge < -0.3 is 13.8 Å². The van der Waals surface area contributed by atoms with Gasteiger partial charge in [0.2, 0.25) is 5.91 Å². The minimum absolute atomic E-state index is 0.0564. The average Bonchev–Trinajstić information content (AvgIpc) is 2.69. The number of rotatable bonds is 19. The third-order valence-corrected chi connectivity index (χ3v) is 18.6. The monoisotopic (exact) mass is 527 g/mol. The van der Waals surface area contributed by atoms with Gasteiger partial charge in [0.05, 0.1) is 0 Å². The molecular weight excluding hydrogens is 466 g/mol. The van der Waals surface area contributed by atoms with E-state index in [2.05, 4.69) is 89.7 Å². The molecule has 0 aliphatic carbocycles. The molecule has 0 aromatic heterocycles. The molecule has 0 aromatic rings. The number of hydrogen-bond acceptors (Lipinski definition) is 3. The summed E-state index contributed by atoms with van der Waals surface area (Å²) >= 11 is 0. The summed E-state index contributed by atoms with van der Waals surface area (Å²) in [5, 5.41) is 0. The Labute approximate surface area is 221 Å². The number of hydrogen-bond donors (Lipinski definition) is 0. The van der Waals surface area contributed by atoms with Gasteiger partial charge in [0.15, 0.2) is 16.6 Å². The quantitative estimate of drug-likeness (QED) is 0.125. The van der Waals surface area contributed by atoms with Crippen molar-refractivity contribution < 1.29 is 13.6 Å². The van der Waals surface area contributed by atoms with Gasteiger partial charge in [-0.25, -0.2) is 0 Å². The highest BCUT2D eigenvalue weighted by Crippen LogP contribution is 2.37. The molecular formula is C29H61NO3Si2. The molecule has 2 atom stereocenters. The zero-order valence-electron chi connectivity index (χ0n) is 25.6. The smallest absolute Gasteiger partial charge is 0.245 e. The molecule has 0 radical (unpaired) electrons. The normalized spacial score (nSPS) is 15.9. The van der Waals surface area contributed by atoms with Crippen LogP contribution in [0.2, 0.25) is 35.3 Å². The second-order valence-electron chi connectivity index (χ2n) is 12.7. The largest absolute Gasteiger partial charge is 0.414 e. The molecule has 35 heavy (non-hydrogen) atoms. The van der Waals surface area contributed by atoms with E-state index < -0.39 is 16.6 Å². The van der Waals surface area contributed by atoms with Crippen molar-refractivity contribution in [2.75, 3.05) is 13.1 Å². The van der Waals surface area contributed by atoms with Crippen LogP contribution in [-0.2, 0) is 13.6 Å². The van der Waals surface area contributed by atoms with Crippen molar-refractivity contribution in [3.63, 3.8) is 0 Å². The SMILES string of the molecule is C=CC(=O)N(CCC[Si](CC(C)C)(OC(C)C)C(C)C)CCC[Si](CC(C)C)(OC(C)C)C(C)C. The van der Waals surface area contributed by atoms with Gasteiger partial charge in [-0.15, -0.1) is 0 Å². The fraction of sp³-hybridized carbons (Fsp3) is 0.897. The molecule has 0 saturated carbocycles. The fourth-order valence-corrected chi connectivity index (χ4v) is 15.3. The summed E-state index contributed by atoms with van der Waals surface area (Å²) in [5.41, 5.74) is 1.13. The van der Waals surface area contributed by atoms with Crippen LogP contribution in [0.3, 0.4) is 0 Å². The van der Waals surface area contributed by atoms with E-state index in [9.17, 15) is 4.79 Å². The first-order valence-electron chi connectivity index (χ1n) is 14.4. The Kier molecular flexibility index (Phi) is 16.2. The van der Waals surface area contributed by atoms with Crippen molar-refractivity contribution in [2.24, 2.45) is 11.8 Å². The summed E-state index contributed by atoms with van der Waals surface area (Å²) in [7, 11) is -3.80. The van der Waals surface area contributed by atoms with E-state index in [0.717, 1.165) is 38.0 Å². The third kappa shape index (κ3) is 12.6. The van der Waals surface area contributed by atoms with E-state index in [1.165, 1.54) is 18.2 Å². The first kappa shape index (κ1) is 34.6. The molecule has 0 aromatic carbocycles. The van der Waals surface area contributed by atoms with Gasteiger partial charge in [-0.1, -0.05) is 62.0 Å². The molecule has 0 spiro atoms. The summed E-state index contributed by atoms with van der Waals surface area (Å²) in [4.78, 5) is 14.8. The molecule has 4 nitrogen and oxygen atoms in total. The van der Waals surface area contributed by atoms with Crippen molar-refractivity contribution in [3.8, 4) is 0 Å². The highest BCUT2D eigenvalue weighted by molar-refractivity contribution is 6.75. The molecule has 0 N–H and O–H groups in total. The third-order valence-electron chi connectivity index (χ3n) is 7.10. The minimum atomic E-state index is -1.90. The van der Waals surface area contributed by atoms with Gasteiger partial charge in [0.1, 0.15) is 0 Å². The van der Waals surface area contributed by atoms with Gasteiger partial charge in [-0.3, -0.25) is 4.79 Å². The lowest BCUT2D eigenvalue weighted by atomic mass is 10.3. The van der Waals surface area contributed by atoms with Gasteiger partial charge >= 0.3 is 0 Å². The molecule has 0 fully saturated rings. The topological polar surface area (TPSA) is 38.8 Å². The second-order valence-corrected chi connectivity index (χ2v) is 21.6. The van der Waals surface area contributed by atoms with Crippen LogP contribution in [-0.4, -0.2) is 52.7 Å². The second kappa shape index (κ2) is 16.4. The maximum atomic E-state index is 12.8. The summed E-state index contributed by atoms with van der Waals surface area (Å²) < 4.78 is 13.4. The van der Waals surface area contributed by atoms with Gasteiger partial charge in [0, 0.05) is 25.3 Å². The molecule has 0 aliphatic rings. The van der Waals surface area contributed by atoms with Crippen LogP contribution < -0.4 is 0 Å². The maximum Gasteiger partial charge on any atom is 0.245 e. The lowest BCUT2D eigenvalue weighted by Crippen LogP contribution is -2.46. The number of carbonyl (C=O) groups excluding carboxylic acids is 1. The van der Waals surface area contributed by atoms with Crippen LogP contribution in [0.1, 0.15) is 95.9 Å². The molecule has 0 rings (SSSR count). The van der Waals surface area contributed by atoms with Crippen molar-refractivity contribution >= 4 is 22.5 Å². The standard InChI is InChI=1S/C29H61NO3Si2/c1-14-29(31)30(17-15-19-34(27(10)11,21-23(2)3)32-25(6)7)18-16-20-35(28(12)13,22-24(4)5)33-26(8)9/h14,23-28H,1,15-22H2,2-13H3. The van der Waals surface area contributed by atoms with Crippen LogP contribution in [0, 0.1) is 11.8 Å². The van der Waals surface area contributed by atoms with E-state index in [1.54, 1.807) is 0 Å². The molecule has 0 heterocycles. The predicted molar refractivity (Wildman–Crippen MR) is 159 cm³/mol. The van der Waals surface area contributed by atoms with Crippen LogP contribution in [0.25, 0.3) is 0 Å². The highest BCUT2D eigenvalue weighted by Gasteiger charge is 2.41. The predicted octanol–water partition coefficient (Wildman–Crippen LogP) is 8.65. The lowest BCUT2D eigenvalue weighted by molar-refractivity contribution is -0.126. The number of carbonyl (C=O) groups is 1. The molecule has 2 unspecified atom stereocenters. The Balaban J connectivity index is 5.42. The van der Waals surface area contributed by atoms with Gasteiger partial charge in [-0.2, -0.15) is 0 Å². The van der Waals surface area contributed by atoms with Crippen molar-refractivity contribution in [2.45, 2.75) is 143 Å². The highest BCUT2D eigenvalue weighted by atomic mass is 28.4. The molecule has 0 saturated heterocycles. The Morgan fingerprint density at radius 1 is 0.714 bits per heavy atom. The van der Waals surface area contributed by atoms with Crippen LogP contribution in [0.4, 0.5) is 0 Å². The molecule has 0 aliphatic heterocycles. The average molecular weight is 528 g/mol. The summed E-state index contributed by atoms with van der Waals surface area (Å²) in [5.74, 6) is 1.32. The van der Waals surface area contributed by atoms with E-state index in [4.69, 9.17) is 8.85 Å². The summed E-state index contributed by atoms with van der Waals surface area (Å²) in [6, 6.07) is 4.58. The van der Waals surface area contributed by atoms with Crippen molar-refractivity contribution in [1.29, 1.82) is 0 Å². The van der Waals surface area contributed by atoms with E-state index in [-0.39, 0.29) is 18.1 Å². The first-order chi connectivity index (χ1) is 16.1. The Morgan fingerprint density at radius 2 is 1.06 bits per heavy atom. The first-order valence-corrected chi connectivity index (χ1v) is 19.2. The lowest BCUT2D eigenvalue weighted by Gasteiger charge is -2.39. The van der Waals surface area contributed by atoms with Gasteiger partial charge in [-0.05, 0) is 93.7 Å². The zero-order chi connectivity index (χ0) is 27.4. The number of amides is 1. The van der Waals surface area contributed by atoms with Crippen LogP contribution in [0.15, 0.2) is 12.7 Å². The fourth-order valence-electron chi connectivity index (χ4n) is 5.66. The van der Waals surface area contributed by atoms with E-state index >= 15 is 0 Å². The maximum absolute atomic E-state index is 12.8. The Bertz CT molecular complexity index is 541. The Morgan fingerprint density at radius 3 is 1.29 bits per heavy atom. The molecule has 6 heteroatoms. The zero-order valence-corrected chi connectivity index (χ0v) is 27.6. The number of nitrogens with zero attached hydrogens (tertiary/aromatic N) is 1. The van der Waals surface area contributed by atoms with E-state index in [1.807, 2.05) is 4.90 Å².